The standard InChI is InChI=1S/C19H25N3O3/c1-4-22-18(10-14(2)20-22)19(23)21-8-9-25-17(13-21)12-15-6-5-7-16(11-15)24-3/h5-7,10-11,17H,4,8-9,12-13H2,1-3H3/t17-/m1/s1. The van der Waals surface area contributed by atoms with E-state index in [1.165, 1.54) is 0 Å². The number of carbonyl (C=O) groups is 1. The van der Waals surface area contributed by atoms with Crippen molar-refractivity contribution in [3.63, 3.8) is 0 Å². The Morgan fingerprint density at radius 2 is 2.24 bits per heavy atom. The Bertz CT molecular complexity index is 741. The number of morpholine rings is 1. The molecule has 0 aliphatic carbocycles. The molecule has 1 aromatic carbocycles. The number of nitrogens with zero attached hydrogens (tertiary/aromatic N) is 3. The molecule has 2 heterocycles. The van der Waals surface area contributed by atoms with Crippen molar-refractivity contribution in [1.82, 2.24) is 14.7 Å². The molecule has 3 rings (SSSR count). The van der Waals surface area contributed by atoms with Crippen LogP contribution in [0.15, 0.2) is 30.3 Å². The number of carbonyl (C=O) groups excluding carboxylic acids is 1. The number of hydrogen-bond donors (Lipinski definition) is 0. The molecule has 134 valence electrons. The Kier molecular flexibility index (Phi) is 5.38. The first kappa shape index (κ1) is 17.5. The summed E-state index contributed by atoms with van der Waals surface area (Å²) in [5.41, 5.74) is 2.67. The summed E-state index contributed by atoms with van der Waals surface area (Å²) in [6.07, 6.45) is 0.747. The summed E-state index contributed by atoms with van der Waals surface area (Å²) in [5, 5.41) is 4.37. The lowest BCUT2D eigenvalue weighted by Crippen LogP contribution is -2.46. The predicted molar refractivity (Wildman–Crippen MR) is 95.0 cm³/mol. The Morgan fingerprint density at radius 1 is 1.40 bits per heavy atom. The quantitative estimate of drug-likeness (QED) is 0.836. The Morgan fingerprint density at radius 3 is 3.00 bits per heavy atom. The molecule has 1 aromatic heterocycles. The summed E-state index contributed by atoms with van der Waals surface area (Å²) in [7, 11) is 1.66. The lowest BCUT2D eigenvalue weighted by molar-refractivity contribution is -0.0212. The topological polar surface area (TPSA) is 56.6 Å². The van der Waals surface area contributed by atoms with Crippen LogP contribution in [0.4, 0.5) is 0 Å². The first-order valence-electron chi connectivity index (χ1n) is 8.69. The van der Waals surface area contributed by atoms with Crippen LogP contribution >= 0.6 is 0 Å². The number of aryl methyl sites for hydroxylation is 2. The number of ether oxygens (including phenoxy) is 2. The molecule has 1 amide bonds. The number of aromatic nitrogens is 2. The van der Waals surface area contributed by atoms with Crippen molar-refractivity contribution < 1.29 is 14.3 Å². The maximum absolute atomic E-state index is 12.9. The van der Waals surface area contributed by atoms with Gasteiger partial charge < -0.3 is 14.4 Å². The molecule has 0 unspecified atom stereocenters. The average Bonchev–Trinajstić information content (AvgIpc) is 3.02. The van der Waals surface area contributed by atoms with E-state index in [-0.39, 0.29) is 12.0 Å². The first-order valence-corrected chi connectivity index (χ1v) is 8.69. The van der Waals surface area contributed by atoms with Gasteiger partial charge in [0.15, 0.2) is 0 Å². The van der Waals surface area contributed by atoms with E-state index in [0.29, 0.717) is 31.9 Å². The number of benzene rings is 1. The summed E-state index contributed by atoms with van der Waals surface area (Å²) >= 11 is 0. The zero-order chi connectivity index (χ0) is 17.8. The van der Waals surface area contributed by atoms with Crippen LogP contribution in [-0.4, -0.2) is 53.5 Å². The van der Waals surface area contributed by atoms with E-state index in [1.807, 2.05) is 43.0 Å². The Hall–Kier alpha value is -2.34. The van der Waals surface area contributed by atoms with Crippen LogP contribution in [0.2, 0.25) is 0 Å². The van der Waals surface area contributed by atoms with E-state index in [4.69, 9.17) is 9.47 Å². The first-order chi connectivity index (χ1) is 12.1. The summed E-state index contributed by atoms with van der Waals surface area (Å²) < 4.78 is 12.9. The molecule has 1 saturated heterocycles. The van der Waals surface area contributed by atoms with Gasteiger partial charge in [0.1, 0.15) is 11.4 Å². The van der Waals surface area contributed by atoms with E-state index in [0.717, 1.165) is 23.4 Å². The van der Waals surface area contributed by atoms with Crippen LogP contribution in [0.25, 0.3) is 0 Å². The van der Waals surface area contributed by atoms with Crippen molar-refractivity contribution in [2.24, 2.45) is 0 Å². The van der Waals surface area contributed by atoms with E-state index < -0.39 is 0 Å². The summed E-state index contributed by atoms with van der Waals surface area (Å²) in [5.74, 6) is 0.866. The Labute approximate surface area is 148 Å². The van der Waals surface area contributed by atoms with Gasteiger partial charge in [0, 0.05) is 26.1 Å². The monoisotopic (exact) mass is 343 g/mol. The molecule has 1 aliphatic rings. The third-order valence-electron chi connectivity index (χ3n) is 4.44. The number of methoxy groups -OCH3 is 1. The summed E-state index contributed by atoms with van der Waals surface area (Å²) in [4.78, 5) is 14.8. The molecule has 6 heteroatoms. The minimum absolute atomic E-state index is 0.0103. The lowest BCUT2D eigenvalue weighted by Gasteiger charge is -2.33. The van der Waals surface area contributed by atoms with E-state index in [1.54, 1.807) is 11.8 Å². The highest BCUT2D eigenvalue weighted by molar-refractivity contribution is 5.92. The van der Waals surface area contributed by atoms with Crippen LogP contribution in [0.1, 0.15) is 28.7 Å². The van der Waals surface area contributed by atoms with E-state index in [9.17, 15) is 4.79 Å². The fourth-order valence-corrected chi connectivity index (χ4v) is 3.21. The average molecular weight is 343 g/mol. The Balaban J connectivity index is 1.69. The highest BCUT2D eigenvalue weighted by Crippen LogP contribution is 2.18. The molecule has 25 heavy (non-hydrogen) atoms. The van der Waals surface area contributed by atoms with Gasteiger partial charge in [-0.15, -0.1) is 0 Å². The molecular weight excluding hydrogens is 318 g/mol. The van der Waals surface area contributed by atoms with Crippen LogP contribution in [0, 0.1) is 6.92 Å². The van der Waals surface area contributed by atoms with Crippen molar-refractivity contribution in [2.75, 3.05) is 26.8 Å². The highest BCUT2D eigenvalue weighted by atomic mass is 16.5. The molecule has 1 aliphatic heterocycles. The van der Waals surface area contributed by atoms with Gasteiger partial charge in [0.05, 0.1) is 25.5 Å². The summed E-state index contributed by atoms with van der Waals surface area (Å²) in [6, 6.07) is 9.83. The third-order valence-corrected chi connectivity index (χ3v) is 4.44. The maximum atomic E-state index is 12.9. The van der Waals surface area contributed by atoms with E-state index in [2.05, 4.69) is 11.2 Å². The van der Waals surface area contributed by atoms with Crippen LogP contribution < -0.4 is 4.74 Å². The second kappa shape index (κ2) is 7.70. The minimum Gasteiger partial charge on any atom is -0.497 e. The normalized spacial score (nSPS) is 17.6. The van der Waals surface area contributed by atoms with Crippen molar-refractivity contribution in [1.29, 1.82) is 0 Å². The second-order valence-electron chi connectivity index (χ2n) is 6.29. The number of amides is 1. The van der Waals surface area contributed by atoms with Crippen LogP contribution in [-0.2, 0) is 17.7 Å². The predicted octanol–water partition coefficient (Wildman–Crippen LogP) is 2.30. The van der Waals surface area contributed by atoms with Crippen molar-refractivity contribution in [3.8, 4) is 5.75 Å². The zero-order valence-corrected chi connectivity index (χ0v) is 15.1. The van der Waals surface area contributed by atoms with Crippen molar-refractivity contribution in [3.05, 3.63) is 47.3 Å². The molecule has 0 saturated carbocycles. The maximum Gasteiger partial charge on any atom is 0.272 e. The third kappa shape index (κ3) is 4.02. The second-order valence-corrected chi connectivity index (χ2v) is 6.29. The smallest absolute Gasteiger partial charge is 0.272 e. The molecule has 2 aromatic rings. The largest absolute Gasteiger partial charge is 0.497 e. The number of rotatable bonds is 5. The van der Waals surface area contributed by atoms with Gasteiger partial charge >= 0.3 is 0 Å². The molecule has 0 bridgehead atoms. The lowest BCUT2D eigenvalue weighted by atomic mass is 10.1. The SMILES string of the molecule is CCn1nc(C)cc1C(=O)N1CCO[C@H](Cc2cccc(OC)c2)C1. The summed E-state index contributed by atoms with van der Waals surface area (Å²) in [6.45, 7) is 6.35. The molecule has 0 spiro atoms. The highest BCUT2D eigenvalue weighted by Gasteiger charge is 2.27. The fraction of sp³-hybridized carbons (Fsp3) is 0.474. The van der Waals surface area contributed by atoms with Crippen LogP contribution in [0.5, 0.6) is 5.75 Å². The molecule has 6 nitrogen and oxygen atoms in total. The van der Waals surface area contributed by atoms with Gasteiger partial charge in [-0.25, -0.2) is 0 Å². The fourth-order valence-electron chi connectivity index (χ4n) is 3.21. The number of hydrogen-bond acceptors (Lipinski definition) is 4. The van der Waals surface area contributed by atoms with Gasteiger partial charge in [0.2, 0.25) is 0 Å². The minimum atomic E-state index is -0.0103. The van der Waals surface area contributed by atoms with Crippen molar-refractivity contribution >= 4 is 5.91 Å². The van der Waals surface area contributed by atoms with Gasteiger partial charge in [0.25, 0.3) is 5.91 Å². The van der Waals surface area contributed by atoms with Crippen LogP contribution in [0.3, 0.4) is 0 Å². The van der Waals surface area contributed by atoms with Gasteiger partial charge in [-0.2, -0.15) is 5.10 Å². The van der Waals surface area contributed by atoms with E-state index >= 15 is 0 Å². The molecule has 1 atom stereocenters. The molecule has 1 fully saturated rings. The van der Waals surface area contributed by atoms with Gasteiger partial charge in [-0.1, -0.05) is 12.1 Å². The van der Waals surface area contributed by atoms with Crippen molar-refractivity contribution in [2.45, 2.75) is 32.9 Å². The zero-order valence-electron chi connectivity index (χ0n) is 15.1. The van der Waals surface area contributed by atoms with Gasteiger partial charge in [-0.3, -0.25) is 9.48 Å². The molecule has 0 radical (unpaired) electrons. The molecular formula is C19H25N3O3. The van der Waals surface area contributed by atoms with Gasteiger partial charge in [-0.05, 0) is 37.6 Å². The molecule has 0 N–H and O–H groups in total.